The summed E-state index contributed by atoms with van der Waals surface area (Å²) in [6.45, 7) is 131. The molecule has 0 spiro atoms. The molecule has 1 aliphatic carbocycles. The Morgan fingerprint density at radius 2 is 0.417 bits per heavy atom. The van der Waals surface area contributed by atoms with Crippen molar-refractivity contribution in [2.75, 3.05) is 0 Å². The van der Waals surface area contributed by atoms with Crippen LogP contribution in [0.25, 0.3) is 0 Å². The summed E-state index contributed by atoms with van der Waals surface area (Å²) in [5.74, 6) is 18.8. The van der Waals surface area contributed by atoms with E-state index in [1.54, 1.807) is 0 Å². The zero-order chi connectivity index (χ0) is 114. The molecule has 0 saturated heterocycles. The summed E-state index contributed by atoms with van der Waals surface area (Å²) in [4.78, 5) is 0. The molecule has 872 valence electrons. The van der Waals surface area contributed by atoms with Crippen molar-refractivity contribution >= 4 is 0 Å². The topological polar surface area (TPSA) is 0 Å². The Morgan fingerprint density at radius 3 is 0.715 bits per heavy atom. The fourth-order valence-electron chi connectivity index (χ4n) is 22.8. The highest BCUT2D eigenvalue weighted by atomic mass is 14.4. The first-order valence-corrected chi connectivity index (χ1v) is 64.2. The maximum absolute atomic E-state index is 2.43. The zero-order valence-corrected chi connectivity index (χ0v) is 112. The van der Waals surface area contributed by atoms with E-state index in [-0.39, 0.29) is 0 Å². The van der Waals surface area contributed by atoms with Crippen LogP contribution in [0.1, 0.15) is 696 Å². The maximum Gasteiger partial charge on any atom is -0.0290 e. The molecule has 0 heterocycles. The molecule has 2 atom stereocenters. The van der Waals surface area contributed by atoms with Crippen molar-refractivity contribution in [3.8, 4) is 0 Å². The summed E-state index contributed by atoms with van der Waals surface area (Å²) in [5, 5.41) is 0. The fraction of sp³-hybridized carbons (Fsp3) is 0.931. The van der Waals surface area contributed by atoms with Crippen molar-refractivity contribution in [2.24, 2.45) is 174 Å². The van der Waals surface area contributed by atoms with Crippen molar-refractivity contribution in [2.45, 2.75) is 696 Å². The lowest BCUT2D eigenvalue weighted by atomic mass is 9.79. The van der Waals surface area contributed by atoms with Gasteiger partial charge in [0.05, 0.1) is 0 Å². The maximum atomic E-state index is 2.43. The van der Waals surface area contributed by atoms with Crippen LogP contribution in [0.2, 0.25) is 0 Å². The first kappa shape index (κ1) is 160. The fourth-order valence-corrected chi connectivity index (χ4v) is 22.8. The number of hydrogen-bond donors (Lipinski definition) is 0. The Bertz CT molecular complexity index is 2730. The van der Waals surface area contributed by atoms with Crippen LogP contribution in [0, 0.1) is 174 Å². The van der Waals surface area contributed by atoms with Crippen LogP contribution in [0.3, 0.4) is 0 Å². The summed E-state index contributed by atoms with van der Waals surface area (Å²) in [5.41, 5.74) is 4.23. The summed E-state index contributed by atoms with van der Waals surface area (Å²) in [7, 11) is 0. The molecule has 0 aromatic carbocycles. The molecule has 1 rings (SSSR count). The van der Waals surface area contributed by atoms with Crippen LogP contribution in [0.5, 0.6) is 0 Å². The lowest BCUT2D eigenvalue weighted by Gasteiger charge is -2.27. The van der Waals surface area contributed by atoms with Crippen molar-refractivity contribution in [3.63, 3.8) is 0 Å². The number of unbranched alkanes of at least 4 members (excludes halogenated alkanes) is 10. The Balaban J connectivity index is -0.000000201. The molecule has 0 aromatic rings. The third-order valence-electron chi connectivity index (χ3n) is 28.5. The van der Waals surface area contributed by atoms with E-state index in [0.717, 1.165) is 124 Å². The van der Waals surface area contributed by atoms with Crippen LogP contribution >= 0.6 is 0 Å². The van der Waals surface area contributed by atoms with Gasteiger partial charge in [-0.05, 0) is 340 Å². The van der Waals surface area contributed by atoms with E-state index in [1.807, 2.05) is 0 Å². The van der Waals surface area contributed by atoms with Crippen LogP contribution in [-0.4, -0.2) is 0 Å². The molecule has 0 amide bonds. The SMILES string of the molecule is CC(C)/C=C/CC(C)(C)CC(C)C.CC(C)C/C=C/CC(C)(C)CC(C)C.CC(C)C/C=C/CCC(C)(C)CC(C)C.CC(C)C/C=C/CCCC(C)(C)CC(C)C.CC(C)C/C=C/CCCCCC(C)C.CC(C)CCCC(C)(C)CC(C)C.CC(C)CCCC1CCCC1C(C)C.CC(C)CCCCC(C)(C)CC(C)C.CC(C)CCCCCC(C)(C)CC(C)C.CC(C)CCCCCCC(C)(C)CC(C)C. The van der Waals surface area contributed by atoms with Gasteiger partial charge in [0.25, 0.3) is 0 Å². The number of hydrogen-bond acceptors (Lipinski definition) is 0. The third-order valence-corrected chi connectivity index (χ3v) is 28.5. The second-order valence-corrected chi connectivity index (χ2v) is 62.2. The highest BCUT2D eigenvalue weighted by Crippen LogP contribution is 2.42. The molecule has 0 aromatic heterocycles. The van der Waals surface area contributed by atoms with Gasteiger partial charge in [0.1, 0.15) is 0 Å². The quantitative estimate of drug-likeness (QED) is 0.0421. The van der Waals surface area contributed by atoms with Crippen LogP contribution in [-0.2, 0) is 0 Å². The molecule has 0 N–H and O–H groups in total. The standard InChI is InChI=1S/C16H34.C16H32.C15H32.C15H30.C14H28.C14H30.2C14H28.C13H28.C13H26/c2*1-14(2)11-9-7-8-10-12-16(5,6)13-15(3)4;2*1-13(2)10-8-7-9-11-15(5,6)12-14(3)4;1-11(2)7-5-8-13-9-6-10-14(13)12(3)4;2*1-12(2)9-7-8-10-14(5,6)11-13(3)4;1-13(2)11-9-7-5-6-8-10-12-14(3)4;2*1-11(2)8-7-9-13(5,6)10-12(3)4/h14-15H,7-13H2,1-6H3;7,9,14-15H,8,10-13H2,1-6H3;13-14H,7-12H2,1-6H3;7-8,13-14H,9-12H2,1-6H3;11-14H,5-10H2,1-4H3;12-13H,7-11H2,1-6H3;7-8,12-13H,9-11H2,1-6H3;7,9,13-14H,5-6,8,10-12H2,1-4H3;11-12H,7-10H2,1-6H3;7-8,11-12H,9-10H2,1-6H3/b;9-7+;;8-7+;;;8-7+;9-7+;;8-7+. The second kappa shape index (κ2) is 96.3. The molecule has 2 unspecified atom stereocenters. The van der Waals surface area contributed by atoms with Crippen LogP contribution in [0.15, 0.2) is 60.8 Å². The van der Waals surface area contributed by atoms with E-state index in [1.165, 1.54) is 308 Å². The van der Waals surface area contributed by atoms with Gasteiger partial charge in [-0.15, -0.1) is 0 Å². The van der Waals surface area contributed by atoms with E-state index in [4.69, 9.17) is 0 Å². The predicted octanol–water partition coefficient (Wildman–Crippen LogP) is 52.9. The Hall–Kier alpha value is -1.30. The van der Waals surface area contributed by atoms with E-state index in [2.05, 4.69) is 448 Å². The monoisotopic (exact) mass is 2030 g/mol. The average Bonchev–Trinajstić information content (AvgIpc) is 1.74. The highest BCUT2D eigenvalue weighted by Gasteiger charge is 2.30. The van der Waals surface area contributed by atoms with E-state index in [0.29, 0.717) is 49.2 Å². The molecule has 1 saturated carbocycles. The van der Waals surface area contributed by atoms with Gasteiger partial charge in [0.2, 0.25) is 0 Å². The highest BCUT2D eigenvalue weighted by molar-refractivity contribution is 4.92. The van der Waals surface area contributed by atoms with Crippen molar-refractivity contribution < 1.29 is 0 Å². The zero-order valence-electron chi connectivity index (χ0n) is 112. The molecule has 1 aliphatic rings. The molecule has 0 bridgehead atoms. The molecular weight excluding hydrogens is 1730 g/mol. The van der Waals surface area contributed by atoms with Gasteiger partial charge in [-0.2, -0.15) is 0 Å². The third kappa shape index (κ3) is 145. The van der Waals surface area contributed by atoms with E-state index in [9.17, 15) is 0 Å². The first-order chi connectivity index (χ1) is 65.9. The van der Waals surface area contributed by atoms with Crippen LogP contribution < -0.4 is 0 Å². The minimum Gasteiger partial charge on any atom is -0.0885 e. The van der Waals surface area contributed by atoms with Gasteiger partial charge in [0, 0.05) is 0 Å². The molecule has 144 heavy (non-hydrogen) atoms. The molecule has 1 fully saturated rings. The van der Waals surface area contributed by atoms with Crippen molar-refractivity contribution in [1.29, 1.82) is 0 Å². The van der Waals surface area contributed by atoms with Crippen molar-refractivity contribution in [3.05, 3.63) is 60.8 Å². The summed E-state index contributed by atoms with van der Waals surface area (Å²) < 4.78 is 0. The van der Waals surface area contributed by atoms with Gasteiger partial charge < -0.3 is 0 Å². The predicted molar refractivity (Wildman–Crippen MR) is 681 cm³/mol. The second-order valence-electron chi connectivity index (χ2n) is 62.2. The molecule has 0 radical (unpaired) electrons. The average molecular weight is 2030 g/mol. The van der Waals surface area contributed by atoms with Crippen molar-refractivity contribution in [1.82, 2.24) is 0 Å². The Labute approximate surface area is 924 Å². The largest absolute Gasteiger partial charge is 0.0885 e. The van der Waals surface area contributed by atoms with E-state index < -0.39 is 0 Å². The Kier molecular flexibility index (Phi) is 107. The van der Waals surface area contributed by atoms with Gasteiger partial charge in [-0.3, -0.25) is 0 Å². The summed E-state index contributed by atoms with van der Waals surface area (Å²) in [6, 6.07) is 0. The number of rotatable bonds is 69. The van der Waals surface area contributed by atoms with Gasteiger partial charge in [-0.1, -0.05) is 590 Å². The molecule has 0 aliphatic heterocycles. The van der Waals surface area contributed by atoms with E-state index >= 15 is 0 Å². The normalized spacial score (nSPS) is 14.4. The van der Waals surface area contributed by atoms with Gasteiger partial charge in [-0.25, -0.2) is 0 Å². The smallest absolute Gasteiger partial charge is 0.0290 e. The lowest BCUT2D eigenvalue weighted by molar-refractivity contribution is 0.252. The molecule has 0 nitrogen and oxygen atoms in total. The minimum absolute atomic E-state index is 0.472. The number of allylic oxidation sites excluding steroid dienone is 10. The lowest BCUT2D eigenvalue weighted by Crippen LogP contribution is -2.14. The first-order valence-electron chi connectivity index (χ1n) is 64.2. The molecular formula is C144H296. The summed E-state index contributed by atoms with van der Waals surface area (Å²) in [6.07, 6.45) is 89.4. The minimum atomic E-state index is 0.472. The molecule has 0 heteroatoms. The van der Waals surface area contributed by atoms with Gasteiger partial charge >= 0.3 is 0 Å². The Morgan fingerprint density at radius 1 is 0.188 bits per heavy atom. The van der Waals surface area contributed by atoms with Gasteiger partial charge in [0.15, 0.2) is 0 Å². The van der Waals surface area contributed by atoms with Crippen LogP contribution in [0.4, 0.5) is 0 Å². The summed E-state index contributed by atoms with van der Waals surface area (Å²) >= 11 is 0.